The Bertz CT molecular complexity index is 1080. The lowest BCUT2D eigenvalue weighted by Gasteiger charge is -2.08. The normalized spacial score (nSPS) is 11.0. The van der Waals surface area contributed by atoms with Crippen molar-refractivity contribution in [3.63, 3.8) is 0 Å². The maximum atomic E-state index is 10.8. The molecule has 140 valence electrons. The number of hydrogen-bond acceptors (Lipinski definition) is 6. The van der Waals surface area contributed by atoms with Crippen LogP contribution >= 0.6 is 11.3 Å². The number of hydrogen-bond donors (Lipinski definition) is 0. The largest absolute Gasteiger partial charge is 0.493 e. The molecule has 0 amide bonds. The first kappa shape index (κ1) is 19.1. The van der Waals surface area contributed by atoms with Crippen LogP contribution in [0.3, 0.4) is 0 Å². The number of rotatable bonds is 6. The summed E-state index contributed by atoms with van der Waals surface area (Å²) in [6.45, 7) is 0. The molecule has 3 aromatic rings. The number of non-ortho nitro benzene ring substituents is 1. The first-order valence-corrected chi connectivity index (χ1v) is 9.06. The van der Waals surface area contributed by atoms with Crippen molar-refractivity contribution >= 4 is 28.7 Å². The molecule has 7 heteroatoms. The Kier molecular flexibility index (Phi) is 5.72. The Hall–Kier alpha value is -3.63. The number of nitro groups is 1. The average molecular weight is 392 g/mol. The predicted octanol–water partition coefficient (Wildman–Crippen LogP) is 5.40. The lowest BCUT2D eigenvalue weighted by atomic mass is 10.1. The topological polar surface area (TPSA) is 85.4 Å². The zero-order valence-corrected chi connectivity index (χ0v) is 16.0. The molecular formula is C21H16N2O4S. The Balaban J connectivity index is 1.90. The molecule has 1 aromatic heterocycles. The van der Waals surface area contributed by atoms with E-state index < -0.39 is 4.92 Å². The van der Waals surface area contributed by atoms with Crippen molar-refractivity contribution in [3.8, 4) is 28.0 Å². The fourth-order valence-corrected chi connectivity index (χ4v) is 3.62. The van der Waals surface area contributed by atoms with E-state index in [1.807, 2.05) is 12.1 Å². The van der Waals surface area contributed by atoms with Gasteiger partial charge < -0.3 is 9.47 Å². The monoisotopic (exact) mass is 392 g/mol. The third kappa shape index (κ3) is 4.03. The second-order valence-electron chi connectivity index (χ2n) is 5.75. The van der Waals surface area contributed by atoms with Crippen LogP contribution in [-0.4, -0.2) is 19.1 Å². The molecule has 0 aliphatic carbocycles. The second kappa shape index (κ2) is 8.37. The van der Waals surface area contributed by atoms with Crippen LogP contribution in [0.25, 0.3) is 22.1 Å². The van der Waals surface area contributed by atoms with Crippen LogP contribution in [0.2, 0.25) is 0 Å². The molecule has 0 aliphatic heterocycles. The van der Waals surface area contributed by atoms with Crippen molar-refractivity contribution < 1.29 is 14.4 Å². The Morgan fingerprint density at radius 1 is 1.07 bits per heavy atom. The number of allylic oxidation sites excluding steroid dienone is 1. The summed E-state index contributed by atoms with van der Waals surface area (Å²) in [4.78, 5) is 12.2. The average Bonchev–Trinajstić information content (AvgIpc) is 3.20. The number of nitriles is 1. The molecule has 0 unspecified atom stereocenters. The van der Waals surface area contributed by atoms with Gasteiger partial charge in [-0.15, -0.1) is 11.3 Å². The van der Waals surface area contributed by atoms with Crippen molar-refractivity contribution in [2.24, 2.45) is 0 Å². The summed E-state index contributed by atoms with van der Waals surface area (Å²) in [6, 6.07) is 17.8. The molecule has 0 fully saturated rings. The molecular weight excluding hydrogens is 376 g/mol. The SMILES string of the molecule is COc1ccc(/C(C#N)=C/c2ccc(-c3ccc([N+](=O)[O-])cc3)s2)cc1OC. The van der Waals surface area contributed by atoms with Gasteiger partial charge in [-0.25, -0.2) is 0 Å². The van der Waals surface area contributed by atoms with Crippen molar-refractivity contribution in [2.75, 3.05) is 14.2 Å². The van der Waals surface area contributed by atoms with Gasteiger partial charge in [-0.1, -0.05) is 0 Å². The molecule has 0 saturated carbocycles. The number of methoxy groups -OCH3 is 2. The highest BCUT2D eigenvalue weighted by molar-refractivity contribution is 7.16. The molecule has 0 aliphatic rings. The molecule has 0 N–H and O–H groups in total. The highest BCUT2D eigenvalue weighted by Gasteiger charge is 2.10. The predicted molar refractivity (Wildman–Crippen MR) is 109 cm³/mol. The van der Waals surface area contributed by atoms with Gasteiger partial charge >= 0.3 is 0 Å². The molecule has 0 bridgehead atoms. The minimum Gasteiger partial charge on any atom is -0.493 e. The molecule has 2 aromatic carbocycles. The molecule has 0 spiro atoms. The lowest BCUT2D eigenvalue weighted by molar-refractivity contribution is -0.384. The number of nitrogens with zero attached hydrogens (tertiary/aromatic N) is 2. The van der Waals surface area contributed by atoms with Crippen molar-refractivity contribution in [1.82, 2.24) is 0 Å². The van der Waals surface area contributed by atoms with Gasteiger partial charge in [0.15, 0.2) is 11.5 Å². The van der Waals surface area contributed by atoms with Gasteiger partial charge in [0, 0.05) is 21.9 Å². The van der Waals surface area contributed by atoms with Gasteiger partial charge in [0.2, 0.25) is 0 Å². The van der Waals surface area contributed by atoms with E-state index in [1.165, 1.54) is 23.5 Å². The summed E-state index contributed by atoms with van der Waals surface area (Å²) in [5.41, 5.74) is 2.17. The number of nitro benzene ring substituents is 1. The summed E-state index contributed by atoms with van der Waals surface area (Å²) in [5.74, 6) is 1.15. The van der Waals surface area contributed by atoms with E-state index >= 15 is 0 Å². The minimum absolute atomic E-state index is 0.0562. The Labute approximate surface area is 166 Å². The van der Waals surface area contributed by atoms with E-state index in [9.17, 15) is 15.4 Å². The summed E-state index contributed by atoms with van der Waals surface area (Å²) < 4.78 is 10.5. The summed E-state index contributed by atoms with van der Waals surface area (Å²) >= 11 is 1.50. The van der Waals surface area contributed by atoms with Crippen LogP contribution in [0.4, 0.5) is 5.69 Å². The van der Waals surface area contributed by atoms with E-state index in [4.69, 9.17) is 9.47 Å². The van der Waals surface area contributed by atoms with Gasteiger partial charge in [-0.2, -0.15) is 5.26 Å². The summed E-state index contributed by atoms with van der Waals surface area (Å²) in [5, 5.41) is 20.4. The van der Waals surface area contributed by atoms with Crippen LogP contribution in [0.15, 0.2) is 54.6 Å². The molecule has 6 nitrogen and oxygen atoms in total. The van der Waals surface area contributed by atoms with Gasteiger partial charge in [-0.05, 0) is 59.7 Å². The van der Waals surface area contributed by atoms with Gasteiger partial charge in [-0.3, -0.25) is 10.1 Å². The first-order chi connectivity index (χ1) is 13.5. The fraction of sp³-hybridized carbons (Fsp3) is 0.0952. The fourth-order valence-electron chi connectivity index (χ4n) is 2.66. The Morgan fingerprint density at radius 2 is 1.79 bits per heavy atom. The van der Waals surface area contributed by atoms with Gasteiger partial charge in [0.25, 0.3) is 5.69 Å². The van der Waals surface area contributed by atoms with E-state index in [2.05, 4.69) is 6.07 Å². The highest BCUT2D eigenvalue weighted by atomic mass is 32.1. The maximum Gasteiger partial charge on any atom is 0.269 e. The highest BCUT2D eigenvalue weighted by Crippen LogP contribution is 2.34. The molecule has 3 rings (SSSR count). The molecule has 28 heavy (non-hydrogen) atoms. The molecule has 0 atom stereocenters. The third-order valence-electron chi connectivity index (χ3n) is 4.09. The quantitative estimate of drug-likeness (QED) is 0.318. The molecule has 0 radical (unpaired) electrons. The number of ether oxygens (including phenoxy) is 2. The molecule has 0 saturated heterocycles. The summed E-state index contributed by atoms with van der Waals surface area (Å²) in [7, 11) is 3.11. The zero-order chi connectivity index (χ0) is 20.1. The summed E-state index contributed by atoms with van der Waals surface area (Å²) in [6.07, 6.45) is 1.81. The van der Waals surface area contributed by atoms with Crippen LogP contribution in [0, 0.1) is 21.4 Å². The van der Waals surface area contributed by atoms with E-state index in [0.29, 0.717) is 17.1 Å². The third-order valence-corrected chi connectivity index (χ3v) is 5.17. The van der Waals surface area contributed by atoms with Crippen LogP contribution in [-0.2, 0) is 0 Å². The van der Waals surface area contributed by atoms with E-state index in [0.717, 1.165) is 20.9 Å². The zero-order valence-electron chi connectivity index (χ0n) is 15.2. The van der Waals surface area contributed by atoms with Crippen molar-refractivity contribution in [1.29, 1.82) is 5.26 Å². The van der Waals surface area contributed by atoms with Crippen molar-refractivity contribution in [2.45, 2.75) is 0 Å². The van der Waals surface area contributed by atoms with Crippen molar-refractivity contribution in [3.05, 3.63) is 75.2 Å². The maximum absolute atomic E-state index is 10.8. The van der Waals surface area contributed by atoms with Gasteiger partial charge in [0.1, 0.15) is 0 Å². The lowest BCUT2D eigenvalue weighted by Crippen LogP contribution is -1.92. The van der Waals surface area contributed by atoms with Crippen LogP contribution in [0.1, 0.15) is 10.4 Å². The molecule has 1 heterocycles. The minimum atomic E-state index is -0.422. The number of thiophene rings is 1. The van der Waals surface area contributed by atoms with Gasteiger partial charge in [0.05, 0.1) is 30.8 Å². The van der Waals surface area contributed by atoms with E-state index in [1.54, 1.807) is 50.6 Å². The van der Waals surface area contributed by atoms with E-state index in [-0.39, 0.29) is 5.69 Å². The number of benzene rings is 2. The standard InChI is InChI=1S/C21H16N2O4S/c1-26-19-9-5-15(12-20(19)27-2)16(13-22)11-18-8-10-21(28-18)14-3-6-17(7-4-14)23(24)25/h3-12H,1-2H3/b16-11+. The smallest absolute Gasteiger partial charge is 0.269 e. The first-order valence-electron chi connectivity index (χ1n) is 8.24. The second-order valence-corrected chi connectivity index (χ2v) is 6.86. The van der Waals surface area contributed by atoms with Crippen LogP contribution in [0.5, 0.6) is 11.5 Å². The Morgan fingerprint density at radius 3 is 2.39 bits per heavy atom. The van der Waals surface area contributed by atoms with Crippen LogP contribution < -0.4 is 9.47 Å².